The molecular weight excluding hydrogens is 140 g/mol. The molecule has 0 unspecified atom stereocenters. The second-order valence-electron chi connectivity index (χ2n) is 3.08. The van der Waals surface area contributed by atoms with Crippen molar-refractivity contribution < 1.29 is 4.84 Å². The van der Waals surface area contributed by atoms with Gasteiger partial charge in [-0.05, 0) is 5.92 Å². The predicted octanol–water partition coefficient (Wildman–Crippen LogP) is 1.14. The SMILES string of the molecule is CC[C@H](C)[C@H](N)C1=NOCC1. The minimum Gasteiger partial charge on any atom is -0.395 e. The molecule has 0 spiro atoms. The van der Waals surface area contributed by atoms with E-state index in [0.717, 1.165) is 18.6 Å². The zero-order valence-electron chi connectivity index (χ0n) is 7.21. The van der Waals surface area contributed by atoms with Crippen LogP contribution in [0.15, 0.2) is 5.16 Å². The fourth-order valence-electron chi connectivity index (χ4n) is 1.13. The molecule has 0 aromatic heterocycles. The minimum atomic E-state index is 0.0995. The molecule has 3 heteroatoms. The summed E-state index contributed by atoms with van der Waals surface area (Å²) >= 11 is 0. The first-order valence-electron chi connectivity index (χ1n) is 4.20. The zero-order valence-corrected chi connectivity index (χ0v) is 7.21. The van der Waals surface area contributed by atoms with Crippen LogP contribution in [0.4, 0.5) is 0 Å². The molecule has 0 saturated carbocycles. The Morgan fingerprint density at radius 1 is 1.73 bits per heavy atom. The maximum atomic E-state index is 5.92. The molecule has 0 aromatic rings. The van der Waals surface area contributed by atoms with Gasteiger partial charge in [0.1, 0.15) is 6.61 Å². The second-order valence-corrected chi connectivity index (χ2v) is 3.08. The van der Waals surface area contributed by atoms with Crippen molar-refractivity contribution in [1.29, 1.82) is 0 Å². The lowest BCUT2D eigenvalue weighted by Gasteiger charge is -2.16. The Morgan fingerprint density at radius 2 is 2.45 bits per heavy atom. The first kappa shape index (κ1) is 8.53. The van der Waals surface area contributed by atoms with Crippen molar-refractivity contribution in [2.24, 2.45) is 16.8 Å². The molecule has 1 aliphatic rings. The normalized spacial score (nSPS) is 22.3. The summed E-state index contributed by atoms with van der Waals surface area (Å²) < 4.78 is 0. The lowest BCUT2D eigenvalue weighted by Crippen LogP contribution is -2.35. The third kappa shape index (κ3) is 1.93. The quantitative estimate of drug-likeness (QED) is 0.666. The fourth-order valence-corrected chi connectivity index (χ4v) is 1.13. The van der Waals surface area contributed by atoms with E-state index in [9.17, 15) is 0 Å². The third-order valence-corrected chi connectivity index (χ3v) is 2.27. The molecule has 0 aliphatic carbocycles. The summed E-state index contributed by atoms with van der Waals surface area (Å²) in [6.07, 6.45) is 2.01. The van der Waals surface area contributed by atoms with Crippen LogP contribution < -0.4 is 5.73 Å². The van der Waals surface area contributed by atoms with E-state index >= 15 is 0 Å². The van der Waals surface area contributed by atoms with Crippen LogP contribution in [-0.2, 0) is 4.84 Å². The van der Waals surface area contributed by atoms with Crippen molar-refractivity contribution in [1.82, 2.24) is 0 Å². The number of nitrogens with two attached hydrogens (primary N) is 1. The molecule has 0 fully saturated rings. The van der Waals surface area contributed by atoms with Crippen LogP contribution in [0.5, 0.6) is 0 Å². The molecule has 2 atom stereocenters. The van der Waals surface area contributed by atoms with E-state index < -0.39 is 0 Å². The molecule has 0 aromatic carbocycles. The summed E-state index contributed by atoms with van der Waals surface area (Å²) in [5, 5.41) is 3.90. The average Bonchev–Trinajstić information content (AvgIpc) is 2.53. The molecule has 0 amide bonds. The molecule has 1 rings (SSSR count). The van der Waals surface area contributed by atoms with Gasteiger partial charge < -0.3 is 10.6 Å². The molecule has 0 bridgehead atoms. The Balaban J connectivity index is 2.45. The van der Waals surface area contributed by atoms with Crippen LogP contribution in [0.2, 0.25) is 0 Å². The van der Waals surface area contributed by atoms with Gasteiger partial charge in [-0.3, -0.25) is 0 Å². The van der Waals surface area contributed by atoms with Crippen molar-refractivity contribution in [3.05, 3.63) is 0 Å². The first-order chi connectivity index (χ1) is 5.25. The van der Waals surface area contributed by atoms with Gasteiger partial charge in [-0.1, -0.05) is 25.4 Å². The van der Waals surface area contributed by atoms with Gasteiger partial charge in [-0.25, -0.2) is 0 Å². The molecule has 11 heavy (non-hydrogen) atoms. The van der Waals surface area contributed by atoms with Crippen molar-refractivity contribution in [2.75, 3.05) is 6.61 Å². The summed E-state index contributed by atoms with van der Waals surface area (Å²) in [6.45, 7) is 4.99. The maximum absolute atomic E-state index is 5.92. The second kappa shape index (κ2) is 3.72. The molecule has 1 aliphatic heterocycles. The van der Waals surface area contributed by atoms with Crippen molar-refractivity contribution in [3.8, 4) is 0 Å². The highest BCUT2D eigenvalue weighted by Crippen LogP contribution is 2.12. The first-order valence-corrected chi connectivity index (χ1v) is 4.20. The van der Waals surface area contributed by atoms with Gasteiger partial charge in [0.15, 0.2) is 0 Å². The number of hydrogen-bond donors (Lipinski definition) is 1. The van der Waals surface area contributed by atoms with E-state index in [1.165, 1.54) is 0 Å². The van der Waals surface area contributed by atoms with Crippen LogP contribution in [0.3, 0.4) is 0 Å². The molecule has 0 saturated heterocycles. The molecule has 1 heterocycles. The van der Waals surface area contributed by atoms with Gasteiger partial charge in [0.05, 0.1) is 5.71 Å². The van der Waals surface area contributed by atoms with Crippen molar-refractivity contribution in [3.63, 3.8) is 0 Å². The van der Waals surface area contributed by atoms with Crippen LogP contribution in [0.25, 0.3) is 0 Å². The molecule has 2 N–H and O–H groups in total. The highest BCUT2D eigenvalue weighted by atomic mass is 16.6. The summed E-state index contributed by atoms with van der Waals surface area (Å²) in [4.78, 5) is 4.88. The monoisotopic (exact) mass is 156 g/mol. The van der Waals surface area contributed by atoms with E-state index in [2.05, 4.69) is 19.0 Å². The van der Waals surface area contributed by atoms with Gasteiger partial charge >= 0.3 is 0 Å². The van der Waals surface area contributed by atoms with E-state index in [0.29, 0.717) is 12.5 Å². The van der Waals surface area contributed by atoms with E-state index in [4.69, 9.17) is 10.6 Å². The van der Waals surface area contributed by atoms with Gasteiger partial charge in [0.25, 0.3) is 0 Å². The lowest BCUT2D eigenvalue weighted by atomic mass is 9.95. The van der Waals surface area contributed by atoms with E-state index in [-0.39, 0.29) is 6.04 Å². The molecule has 64 valence electrons. The number of oxime groups is 1. The number of rotatable bonds is 3. The maximum Gasteiger partial charge on any atom is 0.122 e. The Kier molecular flexibility index (Phi) is 2.88. The highest BCUT2D eigenvalue weighted by molar-refractivity contribution is 5.90. The van der Waals surface area contributed by atoms with Gasteiger partial charge in [0, 0.05) is 12.5 Å². The summed E-state index contributed by atoms with van der Waals surface area (Å²) in [7, 11) is 0. The third-order valence-electron chi connectivity index (χ3n) is 2.27. The Morgan fingerprint density at radius 3 is 2.91 bits per heavy atom. The van der Waals surface area contributed by atoms with Gasteiger partial charge in [-0.2, -0.15) is 0 Å². The van der Waals surface area contributed by atoms with Crippen LogP contribution in [-0.4, -0.2) is 18.4 Å². The number of hydrogen-bond acceptors (Lipinski definition) is 3. The Labute approximate surface area is 67.6 Å². The van der Waals surface area contributed by atoms with Crippen LogP contribution in [0.1, 0.15) is 26.7 Å². The minimum absolute atomic E-state index is 0.0995. The van der Waals surface area contributed by atoms with Gasteiger partial charge in [-0.15, -0.1) is 0 Å². The van der Waals surface area contributed by atoms with Crippen LogP contribution >= 0.6 is 0 Å². The predicted molar refractivity (Wildman–Crippen MR) is 45.4 cm³/mol. The Bertz CT molecular complexity index is 156. The zero-order chi connectivity index (χ0) is 8.27. The molecule has 0 radical (unpaired) electrons. The van der Waals surface area contributed by atoms with Crippen LogP contribution in [0, 0.1) is 5.92 Å². The van der Waals surface area contributed by atoms with E-state index in [1.54, 1.807) is 0 Å². The van der Waals surface area contributed by atoms with Crippen molar-refractivity contribution >= 4 is 5.71 Å². The van der Waals surface area contributed by atoms with Crippen molar-refractivity contribution in [2.45, 2.75) is 32.7 Å². The fraction of sp³-hybridized carbons (Fsp3) is 0.875. The van der Waals surface area contributed by atoms with Gasteiger partial charge in [0.2, 0.25) is 0 Å². The lowest BCUT2D eigenvalue weighted by molar-refractivity contribution is 0.173. The average molecular weight is 156 g/mol. The standard InChI is InChI=1S/C8H16N2O/c1-3-6(2)8(9)7-4-5-11-10-7/h6,8H,3-5,9H2,1-2H3/t6-,8-/m0/s1. The molecule has 3 nitrogen and oxygen atoms in total. The smallest absolute Gasteiger partial charge is 0.122 e. The largest absolute Gasteiger partial charge is 0.395 e. The summed E-state index contributed by atoms with van der Waals surface area (Å²) in [6, 6.07) is 0.0995. The Hall–Kier alpha value is -0.570. The summed E-state index contributed by atoms with van der Waals surface area (Å²) in [5.74, 6) is 0.510. The summed E-state index contributed by atoms with van der Waals surface area (Å²) in [5.41, 5.74) is 6.95. The topological polar surface area (TPSA) is 47.6 Å². The highest BCUT2D eigenvalue weighted by Gasteiger charge is 2.20. The number of nitrogens with zero attached hydrogens (tertiary/aromatic N) is 1. The molecular formula is C8H16N2O. The van der Waals surface area contributed by atoms with E-state index in [1.807, 2.05) is 0 Å².